The van der Waals surface area contributed by atoms with Crippen LogP contribution in [0.2, 0.25) is 0 Å². The second-order valence-electron chi connectivity index (χ2n) is 5.65. The fourth-order valence-corrected chi connectivity index (χ4v) is 2.81. The summed E-state index contributed by atoms with van der Waals surface area (Å²) in [6, 6.07) is 6.11. The van der Waals surface area contributed by atoms with Gasteiger partial charge < -0.3 is 14.6 Å². The van der Waals surface area contributed by atoms with Gasteiger partial charge in [0.25, 0.3) is 0 Å². The lowest BCUT2D eigenvalue weighted by atomic mass is 9.79. The van der Waals surface area contributed by atoms with Crippen molar-refractivity contribution in [2.75, 3.05) is 20.3 Å². The first-order valence-electron chi connectivity index (χ1n) is 7.30. The number of methoxy groups -OCH3 is 1. The summed E-state index contributed by atoms with van der Waals surface area (Å²) in [5.74, 6) is -0.700. The summed E-state index contributed by atoms with van der Waals surface area (Å²) in [5, 5.41) is 8.92. The van der Waals surface area contributed by atoms with E-state index in [0.29, 0.717) is 18.4 Å². The number of aliphatic hydroxyl groups is 1. The molecule has 0 heterocycles. The average Bonchev–Trinajstić information content (AvgIpc) is 2.53. The van der Waals surface area contributed by atoms with Crippen LogP contribution in [0.15, 0.2) is 29.8 Å². The molecule has 0 radical (unpaired) electrons. The Kier molecular flexibility index (Phi) is 5.32. The minimum Gasteiger partial charge on any atom is -0.466 e. The van der Waals surface area contributed by atoms with Crippen LogP contribution in [0.1, 0.15) is 31.7 Å². The molecular formula is C17H21FO4. The van der Waals surface area contributed by atoms with Gasteiger partial charge in [-0.1, -0.05) is 12.1 Å². The summed E-state index contributed by atoms with van der Waals surface area (Å²) in [5.41, 5.74) is 1.75. The normalized spacial score (nSPS) is 21.8. The van der Waals surface area contributed by atoms with E-state index in [2.05, 4.69) is 0 Å². The van der Waals surface area contributed by atoms with Crippen molar-refractivity contribution in [1.29, 1.82) is 0 Å². The van der Waals surface area contributed by atoms with Gasteiger partial charge in [-0.3, -0.25) is 0 Å². The lowest BCUT2D eigenvalue weighted by molar-refractivity contribution is -0.137. The van der Waals surface area contributed by atoms with Crippen LogP contribution < -0.4 is 0 Å². The molecule has 1 N–H and O–H groups in total. The van der Waals surface area contributed by atoms with Crippen LogP contribution in [0.5, 0.6) is 0 Å². The smallest absolute Gasteiger partial charge is 0.334 e. The van der Waals surface area contributed by atoms with Crippen LogP contribution in [-0.4, -0.2) is 37.0 Å². The van der Waals surface area contributed by atoms with E-state index in [0.717, 1.165) is 17.6 Å². The Balaban J connectivity index is 2.35. The molecule has 0 amide bonds. The maximum atomic E-state index is 13.1. The molecule has 0 aliphatic heterocycles. The van der Waals surface area contributed by atoms with Crippen LogP contribution in [0.4, 0.5) is 4.39 Å². The average molecular weight is 308 g/mol. The summed E-state index contributed by atoms with van der Waals surface area (Å²) in [4.78, 5) is 12.1. The van der Waals surface area contributed by atoms with Crippen molar-refractivity contribution in [2.45, 2.75) is 31.8 Å². The predicted molar refractivity (Wildman–Crippen MR) is 80.6 cm³/mol. The number of benzene rings is 1. The maximum Gasteiger partial charge on any atom is 0.334 e. The van der Waals surface area contributed by atoms with E-state index < -0.39 is 11.6 Å². The molecule has 0 saturated carbocycles. The first-order valence-corrected chi connectivity index (χ1v) is 7.30. The van der Waals surface area contributed by atoms with Crippen molar-refractivity contribution >= 4 is 11.5 Å². The Morgan fingerprint density at radius 1 is 1.36 bits per heavy atom. The number of carbonyl (C=O) groups is 1. The van der Waals surface area contributed by atoms with Crippen LogP contribution in [0, 0.1) is 5.82 Å². The summed E-state index contributed by atoms with van der Waals surface area (Å²) < 4.78 is 23.7. The first kappa shape index (κ1) is 16.6. The van der Waals surface area contributed by atoms with Crippen LogP contribution in [0.3, 0.4) is 0 Å². The third kappa shape index (κ3) is 3.72. The van der Waals surface area contributed by atoms with Crippen LogP contribution >= 0.6 is 0 Å². The molecular weight excluding hydrogens is 287 g/mol. The van der Waals surface area contributed by atoms with Crippen molar-refractivity contribution in [2.24, 2.45) is 0 Å². The van der Waals surface area contributed by atoms with Gasteiger partial charge in [0.15, 0.2) is 0 Å². The van der Waals surface area contributed by atoms with Crippen molar-refractivity contribution in [3.8, 4) is 0 Å². The van der Waals surface area contributed by atoms with E-state index in [-0.39, 0.29) is 19.0 Å². The van der Waals surface area contributed by atoms with Gasteiger partial charge in [0.1, 0.15) is 5.82 Å². The molecule has 1 aromatic carbocycles. The molecule has 0 aromatic heterocycles. The van der Waals surface area contributed by atoms with Crippen molar-refractivity contribution in [1.82, 2.24) is 0 Å². The van der Waals surface area contributed by atoms with Crippen LogP contribution in [0.25, 0.3) is 5.57 Å². The molecule has 22 heavy (non-hydrogen) atoms. The second-order valence-corrected chi connectivity index (χ2v) is 5.65. The zero-order valence-electron chi connectivity index (χ0n) is 12.9. The number of esters is 1. The Bertz CT molecular complexity index is 565. The van der Waals surface area contributed by atoms with Gasteiger partial charge in [-0.15, -0.1) is 0 Å². The number of aliphatic hydroxyl groups excluding tert-OH is 1. The second kappa shape index (κ2) is 7.03. The Labute approximate surface area is 129 Å². The molecule has 1 aromatic rings. The van der Waals surface area contributed by atoms with Gasteiger partial charge in [-0.05, 0) is 43.0 Å². The van der Waals surface area contributed by atoms with Gasteiger partial charge in [0.2, 0.25) is 0 Å². The lowest BCUT2D eigenvalue weighted by Crippen LogP contribution is -2.35. The molecule has 1 aliphatic rings. The number of hydrogen-bond donors (Lipinski definition) is 1. The van der Waals surface area contributed by atoms with Crippen LogP contribution in [-0.2, 0) is 14.3 Å². The largest absolute Gasteiger partial charge is 0.466 e. The summed E-state index contributed by atoms with van der Waals surface area (Å²) in [7, 11) is 1.35. The topological polar surface area (TPSA) is 55.8 Å². The van der Waals surface area contributed by atoms with Crippen molar-refractivity contribution in [3.05, 3.63) is 41.2 Å². The minimum atomic E-state index is -0.504. The number of hydrogen-bond acceptors (Lipinski definition) is 4. The molecule has 1 aliphatic carbocycles. The molecule has 1 unspecified atom stereocenters. The molecule has 4 nitrogen and oxygen atoms in total. The fourth-order valence-electron chi connectivity index (χ4n) is 2.81. The highest BCUT2D eigenvalue weighted by molar-refractivity contribution is 5.98. The molecule has 0 fully saturated rings. The molecule has 120 valence electrons. The van der Waals surface area contributed by atoms with E-state index >= 15 is 0 Å². The van der Waals surface area contributed by atoms with Crippen molar-refractivity contribution < 1.29 is 23.8 Å². The van der Waals surface area contributed by atoms with Gasteiger partial charge in [0.05, 0.1) is 25.9 Å². The number of carbonyl (C=O) groups excluding carboxylic acids is 1. The van der Waals surface area contributed by atoms with E-state index in [1.54, 1.807) is 12.1 Å². The molecule has 0 spiro atoms. The highest BCUT2D eigenvalue weighted by Gasteiger charge is 2.35. The van der Waals surface area contributed by atoms with Gasteiger partial charge in [-0.25, -0.2) is 9.18 Å². The summed E-state index contributed by atoms with van der Waals surface area (Å²) >= 11 is 0. The predicted octanol–water partition coefficient (Wildman–Crippen LogP) is 2.70. The third-order valence-corrected chi connectivity index (χ3v) is 3.99. The number of halogens is 1. The van der Waals surface area contributed by atoms with E-state index in [1.807, 2.05) is 6.92 Å². The Morgan fingerprint density at radius 3 is 2.64 bits per heavy atom. The minimum absolute atomic E-state index is 0.0579. The standard InChI is InChI=1S/C17H21FO4/c1-17(22-10-9-19)8-7-14(15(11-17)16(20)21-2)12-3-5-13(18)6-4-12/h3-6,19H,7-11H2,1-2H3. The quantitative estimate of drug-likeness (QED) is 0.850. The third-order valence-electron chi connectivity index (χ3n) is 3.99. The maximum absolute atomic E-state index is 13.1. The van der Waals surface area contributed by atoms with Gasteiger partial charge in [-0.2, -0.15) is 0 Å². The highest BCUT2D eigenvalue weighted by Crippen LogP contribution is 2.40. The van der Waals surface area contributed by atoms with E-state index in [1.165, 1.54) is 19.2 Å². The molecule has 1 atom stereocenters. The molecule has 2 rings (SSSR count). The number of allylic oxidation sites excluding steroid dienone is 1. The molecule has 0 bridgehead atoms. The van der Waals surface area contributed by atoms with E-state index in [9.17, 15) is 9.18 Å². The Morgan fingerprint density at radius 2 is 2.05 bits per heavy atom. The van der Waals surface area contributed by atoms with Gasteiger partial charge >= 0.3 is 5.97 Å². The Hall–Kier alpha value is -1.72. The zero-order chi connectivity index (χ0) is 16.2. The summed E-state index contributed by atoms with van der Waals surface area (Å²) in [6.45, 7) is 2.10. The SMILES string of the molecule is COC(=O)C1=C(c2ccc(F)cc2)CCC(C)(OCCO)C1. The zero-order valence-corrected chi connectivity index (χ0v) is 12.9. The lowest BCUT2D eigenvalue weighted by Gasteiger charge is -2.35. The van der Waals surface area contributed by atoms with E-state index in [4.69, 9.17) is 14.6 Å². The summed E-state index contributed by atoms with van der Waals surface area (Å²) in [6.07, 6.45) is 1.77. The number of rotatable bonds is 5. The monoisotopic (exact) mass is 308 g/mol. The molecule has 0 saturated heterocycles. The van der Waals surface area contributed by atoms with Crippen molar-refractivity contribution in [3.63, 3.8) is 0 Å². The number of ether oxygens (including phenoxy) is 2. The highest BCUT2D eigenvalue weighted by atomic mass is 19.1. The molecule has 5 heteroatoms. The fraction of sp³-hybridized carbons (Fsp3) is 0.471. The van der Waals surface area contributed by atoms with Gasteiger partial charge in [0, 0.05) is 12.0 Å². The first-order chi connectivity index (χ1) is 10.5.